The van der Waals surface area contributed by atoms with Crippen LogP contribution in [0.15, 0.2) is 24.3 Å². The van der Waals surface area contributed by atoms with E-state index in [-0.39, 0.29) is 24.4 Å². The highest BCUT2D eigenvalue weighted by molar-refractivity contribution is 8.19. The number of hydrogen-bond acceptors (Lipinski definition) is 4. The van der Waals surface area contributed by atoms with Gasteiger partial charge in [0.1, 0.15) is 0 Å². The second-order valence-electron chi connectivity index (χ2n) is 5.35. The third-order valence-electron chi connectivity index (χ3n) is 3.83. The number of nitrogens with one attached hydrogen (secondary N) is 1. The van der Waals surface area contributed by atoms with Gasteiger partial charge in [-0.15, -0.1) is 35.9 Å². The molecule has 21 heavy (non-hydrogen) atoms. The molecule has 3 nitrogen and oxygen atoms in total. The fourth-order valence-corrected chi connectivity index (χ4v) is 5.32. The maximum Gasteiger partial charge on any atom is 0.251 e. The van der Waals surface area contributed by atoms with Gasteiger partial charge in [0.25, 0.3) is 5.91 Å². The second kappa shape index (κ2) is 7.77. The molecule has 1 saturated carbocycles. The quantitative estimate of drug-likeness (QED) is 0.862. The molecule has 1 aliphatic heterocycles. The zero-order valence-electron chi connectivity index (χ0n) is 11.8. The summed E-state index contributed by atoms with van der Waals surface area (Å²) in [5, 5.41) is 3.06. The molecule has 1 aromatic carbocycles. The van der Waals surface area contributed by atoms with E-state index in [4.69, 9.17) is 5.73 Å². The Balaban J connectivity index is 0.00000161. The minimum Gasteiger partial charge on any atom is -0.348 e. The molecule has 1 unspecified atom stereocenters. The van der Waals surface area contributed by atoms with E-state index in [0.717, 1.165) is 5.56 Å². The van der Waals surface area contributed by atoms with Crippen molar-refractivity contribution in [3.63, 3.8) is 0 Å². The van der Waals surface area contributed by atoms with Crippen molar-refractivity contribution in [2.24, 2.45) is 11.7 Å². The van der Waals surface area contributed by atoms with Crippen LogP contribution >= 0.6 is 35.9 Å². The zero-order chi connectivity index (χ0) is 13.9. The van der Waals surface area contributed by atoms with E-state index >= 15 is 0 Å². The number of hydrogen-bond donors (Lipinski definition) is 2. The Hall–Kier alpha value is -0.360. The van der Waals surface area contributed by atoms with Gasteiger partial charge in [-0.05, 0) is 36.5 Å². The molecule has 2 fully saturated rings. The summed E-state index contributed by atoms with van der Waals surface area (Å²) >= 11 is 3.96. The summed E-state index contributed by atoms with van der Waals surface area (Å²) in [7, 11) is 0. The Morgan fingerprint density at radius 3 is 2.38 bits per heavy atom. The number of benzene rings is 1. The lowest BCUT2D eigenvalue weighted by Crippen LogP contribution is -2.41. The maximum atomic E-state index is 12.2. The van der Waals surface area contributed by atoms with Gasteiger partial charge in [-0.25, -0.2) is 0 Å². The molecule has 1 aromatic rings. The first-order chi connectivity index (χ1) is 9.78. The number of thioether (sulfide) groups is 2. The largest absolute Gasteiger partial charge is 0.348 e. The highest BCUT2D eigenvalue weighted by Gasteiger charge is 2.31. The minimum absolute atomic E-state index is 0. The molecule has 1 aliphatic carbocycles. The normalized spacial score (nSPS) is 19.9. The van der Waals surface area contributed by atoms with Crippen LogP contribution in [0.4, 0.5) is 0 Å². The lowest BCUT2D eigenvalue weighted by atomic mass is 10.1. The molecule has 1 amide bonds. The predicted octanol–water partition coefficient (Wildman–Crippen LogP) is 3.05. The Labute approximate surface area is 140 Å². The van der Waals surface area contributed by atoms with E-state index in [1.165, 1.54) is 29.9 Å². The topological polar surface area (TPSA) is 55.1 Å². The lowest BCUT2D eigenvalue weighted by Gasteiger charge is -2.16. The van der Waals surface area contributed by atoms with Gasteiger partial charge in [-0.2, -0.15) is 0 Å². The monoisotopic (exact) mass is 344 g/mol. The molecule has 0 spiro atoms. The third-order valence-corrected chi connectivity index (χ3v) is 6.93. The molecule has 3 rings (SSSR count). The molecule has 1 atom stereocenters. The van der Waals surface area contributed by atoms with E-state index < -0.39 is 0 Å². The molecule has 0 aromatic heterocycles. The first-order valence-corrected chi connectivity index (χ1v) is 9.22. The first-order valence-electron chi connectivity index (χ1n) is 7.12. The Morgan fingerprint density at radius 1 is 1.24 bits per heavy atom. The Morgan fingerprint density at radius 2 is 1.86 bits per heavy atom. The van der Waals surface area contributed by atoms with Gasteiger partial charge in [0.2, 0.25) is 0 Å². The number of halogens is 1. The number of carbonyl (C=O) groups excluding carboxylic acids is 1. The SMILES string of the molecule is Cl.NCC(NC(=O)c1ccc(C2SCCS2)cc1)C1CC1. The van der Waals surface area contributed by atoms with Crippen molar-refractivity contribution in [3.8, 4) is 0 Å². The summed E-state index contributed by atoms with van der Waals surface area (Å²) in [5.41, 5.74) is 7.78. The Kier molecular flexibility index (Phi) is 6.29. The predicted molar refractivity (Wildman–Crippen MR) is 94.4 cm³/mol. The van der Waals surface area contributed by atoms with Crippen LogP contribution in [0.25, 0.3) is 0 Å². The van der Waals surface area contributed by atoms with Crippen LogP contribution in [-0.2, 0) is 0 Å². The van der Waals surface area contributed by atoms with Crippen molar-refractivity contribution < 1.29 is 4.79 Å². The van der Waals surface area contributed by atoms with Gasteiger partial charge in [0, 0.05) is 29.7 Å². The molecule has 116 valence electrons. The standard InChI is InChI=1S/C15H20N2OS2.ClH/c16-9-13(10-1-2-10)17-14(18)11-3-5-12(6-4-11)15-19-7-8-20-15;/h3-6,10,13,15H,1-2,7-9,16H2,(H,17,18);1H. The average molecular weight is 345 g/mol. The van der Waals surface area contributed by atoms with Crippen LogP contribution in [0.1, 0.15) is 33.3 Å². The molecule has 0 bridgehead atoms. The molecular formula is C15H21ClN2OS2. The van der Waals surface area contributed by atoms with Gasteiger partial charge >= 0.3 is 0 Å². The van der Waals surface area contributed by atoms with Crippen LogP contribution < -0.4 is 11.1 Å². The fraction of sp³-hybridized carbons (Fsp3) is 0.533. The van der Waals surface area contributed by atoms with Gasteiger partial charge in [-0.3, -0.25) is 4.79 Å². The van der Waals surface area contributed by atoms with Crippen molar-refractivity contribution in [2.75, 3.05) is 18.1 Å². The summed E-state index contributed by atoms with van der Waals surface area (Å²) < 4.78 is 0.537. The molecule has 0 radical (unpaired) electrons. The molecule has 2 aliphatic rings. The van der Waals surface area contributed by atoms with Crippen molar-refractivity contribution >= 4 is 41.8 Å². The third kappa shape index (κ3) is 4.31. The number of nitrogens with two attached hydrogens (primary N) is 1. The van der Waals surface area contributed by atoms with E-state index in [1.807, 2.05) is 35.7 Å². The first kappa shape index (κ1) is 17.0. The number of rotatable bonds is 5. The highest BCUT2D eigenvalue weighted by atomic mass is 35.5. The molecular weight excluding hydrogens is 324 g/mol. The fourth-order valence-electron chi connectivity index (χ4n) is 2.46. The molecule has 1 heterocycles. The number of carbonyl (C=O) groups is 1. The van der Waals surface area contributed by atoms with Gasteiger partial charge in [-0.1, -0.05) is 12.1 Å². The van der Waals surface area contributed by atoms with E-state index in [1.54, 1.807) is 0 Å². The van der Waals surface area contributed by atoms with Crippen LogP contribution in [0.3, 0.4) is 0 Å². The van der Waals surface area contributed by atoms with Crippen molar-refractivity contribution in [1.82, 2.24) is 5.32 Å². The summed E-state index contributed by atoms with van der Waals surface area (Å²) in [4.78, 5) is 12.2. The van der Waals surface area contributed by atoms with Crippen LogP contribution in [0.5, 0.6) is 0 Å². The minimum atomic E-state index is 0. The van der Waals surface area contributed by atoms with E-state index in [2.05, 4.69) is 17.4 Å². The molecule has 6 heteroatoms. The van der Waals surface area contributed by atoms with E-state index in [0.29, 0.717) is 17.0 Å². The van der Waals surface area contributed by atoms with E-state index in [9.17, 15) is 4.79 Å². The second-order valence-corrected chi connectivity index (χ2v) is 8.07. The van der Waals surface area contributed by atoms with Crippen LogP contribution in [0, 0.1) is 5.92 Å². The Bertz CT molecular complexity index is 473. The van der Waals surface area contributed by atoms with Crippen molar-refractivity contribution in [1.29, 1.82) is 0 Å². The average Bonchev–Trinajstić information content (AvgIpc) is 3.18. The van der Waals surface area contributed by atoms with Crippen molar-refractivity contribution in [3.05, 3.63) is 35.4 Å². The molecule has 1 saturated heterocycles. The number of amides is 1. The lowest BCUT2D eigenvalue weighted by molar-refractivity contribution is 0.0933. The van der Waals surface area contributed by atoms with Crippen LogP contribution in [-0.4, -0.2) is 30.0 Å². The summed E-state index contributed by atoms with van der Waals surface area (Å²) in [6, 6.07) is 8.18. The van der Waals surface area contributed by atoms with Crippen molar-refractivity contribution in [2.45, 2.75) is 23.5 Å². The van der Waals surface area contributed by atoms with Gasteiger partial charge in [0.05, 0.1) is 4.58 Å². The summed E-state index contributed by atoms with van der Waals surface area (Å²) in [6.07, 6.45) is 2.38. The van der Waals surface area contributed by atoms with Gasteiger partial charge in [0.15, 0.2) is 0 Å². The smallest absolute Gasteiger partial charge is 0.251 e. The zero-order valence-corrected chi connectivity index (χ0v) is 14.2. The van der Waals surface area contributed by atoms with Crippen LogP contribution in [0.2, 0.25) is 0 Å². The maximum absolute atomic E-state index is 12.2. The summed E-state index contributed by atoms with van der Waals surface area (Å²) in [5.74, 6) is 3.04. The molecule has 3 N–H and O–H groups in total. The highest BCUT2D eigenvalue weighted by Crippen LogP contribution is 2.45. The van der Waals surface area contributed by atoms with Gasteiger partial charge < -0.3 is 11.1 Å². The summed E-state index contributed by atoms with van der Waals surface area (Å²) in [6.45, 7) is 0.532.